The van der Waals surface area contributed by atoms with Gasteiger partial charge < -0.3 is 10.2 Å². The lowest BCUT2D eigenvalue weighted by atomic mass is 9.99. The topological polar surface area (TPSA) is 91.4 Å². The maximum atomic E-state index is 12.6. The standard InChI is InChI=1S/C22H29ClN4O3S/c1-15(2)26-31(29,30)18-5-6-20(23)19(12-18)22(28)25-14-17-4-7-21(24-13-17)27-10-8-16(3)9-11-27/h4-7,12-13,15-16,26H,8-11,14H2,1-3H3,(H,25,28). The lowest BCUT2D eigenvalue weighted by Crippen LogP contribution is -2.33. The first-order chi connectivity index (χ1) is 14.7. The molecule has 0 aliphatic carbocycles. The van der Waals surface area contributed by atoms with Crippen molar-refractivity contribution in [3.8, 4) is 0 Å². The normalized spacial score (nSPS) is 15.3. The van der Waals surface area contributed by atoms with Crippen LogP contribution in [0.25, 0.3) is 0 Å². The number of carbonyl (C=O) groups excluding carboxylic acids is 1. The highest BCUT2D eigenvalue weighted by molar-refractivity contribution is 7.89. The summed E-state index contributed by atoms with van der Waals surface area (Å²) in [7, 11) is -3.72. The molecule has 168 valence electrons. The van der Waals surface area contributed by atoms with Crippen molar-refractivity contribution in [3.05, 3.63) is 52.7 Å². The molecular weight excluding hydrogens is 436 g/mol. The molecule has 0 bridgehead atoms. The molecule has 7 nitrogen and oxygen atoms in total. The number of aromatic nitrogens is 1. The molecule has 0 spiro atoms. The number of pyridine rings is 1. The molecule has 1 aromatic carbocycles. The SMILES string of the molecule is CC1CCN(c2ccc(CNC(=O)c3cc(S(=O)(=O)NC(C)C)ccc3Cl)cn2)CC1. The fourth-order valence-corrected chi connectivity index (χ4v) is 4.93. The molecule has 9 heteroatoms. The molecule has 1 amide bonds. The summed E-state index contributed by atoms with van der Waals surface area (Å²) >= 11 is 6.15. The van der Waals surface area contributed by atoms with Crippen LogP contribution in [0.4, 0.5) is 5.82 Å². The van der Waals surface area contributed by atoms with Gasteiger partial charge >= 0.3 is 0 Å². The highest BCUT2D eigenvalue weighted by Crippen LogP contribution is 2.22. The molecule has 0 radical (unpaired) electrons. The van der Waals surface area contributed by atoms with Gasteiger partial charge in [0, 0.05) is 31.9 Å². The number of rotatable bonds is 7. The summed E-state index contributed by atoms with van der Waals surface area (Å²) in [5, 5.41) is 2.98. The minimum Gasteiger partial charge on any atom is -0.357 e. The van der Waals surface area contributed by atoms with Gasteiger partial charge in [-0.15, -0.1) is 0 Å². The third-order valence-corrected chi connectivity index (χ3v) is 7.24. The fourth-order valence-electron chi connectivity index (χ4n) is 3.45. The molecule has 1 fully saturated rings. The van der Waals surface area contributed by atoms with Crippen molar-refractivity contribution in [2.24, 2.45) is 5.92 Å². The number of benzene rings is 1. The van der Waals surface area contributed by atoms with Gasteiger partial charge in [-0.3, -0.25) is 4.79 Å². The fraction of sp³-hybridized carbons (Fsp3) is 0.455. The van der Waals surface area contributed by atoms with Crippen LogP contribution in [0.2, 0.25) is 5.02 Å². The Kier molecular flexibility index (Phi) is 7.56. The Morgan fingerprint density at radius 1 is 1.23 bits per heavy atom. The van der Waals surface area contributed by atoms with Crippen LogP contribution in [0, 0.1) is 5.92 Å². The van der Waals surface area contributed by atoms with E-state index in [-0.39, 0.29) is 28.1 Å². The molecule has 1 aliphatic rings. The van der Waals surface area contributed by atoms with Crippen LogP contribution in [0.1, 0.15) is 49.5 Å². The molecule has 3 rings (SSSR count). The second kappa shape index (κ2) is 9.97. The van der Waals surface area contributed by atoms with Gasteiger partial charge in [-0.05, 0) is 62.4 Å². The Hall–Kier alpha value is -2.16. The molecule has 2 N–H and O–H groups in total. The van der Waals surface area contributed by atoms with Crippen LogP contribution in [0.3, 0.4) is 0 Å². The lowest BCUT2D eigenvalue weighted by Gasteiger charge is -2.31. The van der Waals surface area contributed by atoms with E-state index in [4.69, 9.17) is 11.6 Å². The largest absolute Gasteiger partial charge is 0.357 e. The van der Waals surface area contributed by atoms with Gasteiger partial charge in [0.15, 0.2) is 0 Å². The third kappa shape index (κ3) is 6.18. The zero-order valence-electron chi connectivity index (χ0n) is 18.1. The van der Waals surface area contributed by atoms with Gasteiger partial charge in [-0.25, -0.2) is 18.1 Å². The van der Waals surface area contributed by atoms with Crippen molar-refractivity contribution >= 4 is 33.3 Å². The Balaban J connectivity index is 1.65. The highest BCUT2D eigenvalue weighted by Gasteiger charge is 2.20. The number of nitrogens with zero attached hydrogens (tertiary/aromatic N) is 2. The maximum Gasteiger partial charge on any atom is 0.253 e. The zero-order chi connectivity index (χ0) is 22.6. The van der Waals surface area contributed by atoms with E-state index in [1.807, 2.05) is 12.1 Å². The molecule has 0 saturated carbocycles. The summed E-state index contributed by atoms with van der Waals surface area (Å²) in [4.78, 5) is 19.5. The minimum atomic E-state index is -3.72. The molecule has 31 heavy (non-hydrogen) atoms. The Morgan fingerprint density at radius 2 is 1.94 bits per heavy atom. The average molecular weight is 465 g/mol. The van der Waals surface area contributed by atoms with E-state index in [0.29, 0.717) is 0 Å². The molecule has 2 aromatic rings. The van der Waals surface area contributed by atoms with Gasteiger partial charge in [0.05, 0.1) is 15.5 Å². The van der Waals surface area contributed by atoms with Crippen molar-refractivity contribution in [1.82, 2.24) is 15.0 Å². The summed E-state index contributed by atoms with van der Waals surface area (Å²) < 4.78 is 27.3. The van der Waals surface area contributed by atoms with Crippen molar-refractivity contribution in [2.45, 2.75) is 51.1 Å². The van der Waals surface area contributed by atoms with Crippen molar-refractivity contribution in [2.75, 3.05) is 18.0 Å². The average Bonchev–Trinajstić information content (AvgIpc) is 2.72. The van der Waals surface area contributed by atoms with E-state index >= 15 is 0 Å². The number of amides is 1. The van der Waals surface area contributed by atoms with Crippen molar-refractivity contribution in [1.29, 1.82) is 0 Å². The maximum absolute atomic E-state index is 12.6. The van der Waals surface area contributed by atoms with Crippen LogP contribution in [0.5, 0.6) is 0 Å². The number of hydrogen-bond acceptors (Lipinski definition) is 5. The third-order valence-electron chi connectivity index (χ3n) is 5.25. The molecular formula is C22H29ClN4O3S. The number of hydrogen-bond donors (Lipinski definition) is 2. The quantitative estimate of drug-likeness (QED) is 0.653. The Bertz CT molecular complexity index is 1020. The molecule has 0 unspecified atom stereocenters. The van der Waals surface area contributed by atoms with Crippen LogP contribution in [-0.4, -0.2) is 38.4 Å². The predicted octanol–water partition coefficient (Wildman–Crippen LogP) is 3.59. The van der Waals surface area contributed by atoms with Crippen molar-refractivity contribution in [3.63, 3.8) is 0 Å². The van der Waals surface area contributed by atoms with Gasteiger partial charge in [-0.1, -0.05) is 24.6 Å². The van der Waals surface area contributed by atoms with Crippen LogP contribution < -0.4 is 14.9 Å². The lowest BCUT2D eigenvalue weighted by molar-refractivity contribution is 0.0951. The number of piperidine rings is 1. The summed E-state index contributed by atoms with van der Waals surface area (Å²) in [5.74, 6) is 1.26. The second-order valence-electron chi connectivity index (χ2n) is 8.29. The monoisotopic (exact) mass is 464 g/mol. The van der Waals surface area contributed by atoms with E-state index in [1.54, 1.807) is 20.0 Å². The number of anilines is 1. The summed E-state index contributed by atoms with van der Waals surface area (Å²) in [5.41, 5.74) is 0.962. The number of carbonyl (C=O) groups is 1. The molecule has 1 aliphatic heterocycles. The van der Waals surface area contributed by atoms with E-state index in [2.05, 4.69) is 26.8 Å². The van der Waals surface area contributed by atoms with Gasteiger partial charge in [-0.2, -0.15) is 0 Å². The van der Waals surface area contributed by atoms with E-state index in [9.17, 15) is 13.2 Å². The first-order valence-electron chi connectivity index (χ1n) is 10.5. The molecule has 1 saturated heterocycles. The summed E-state index contributed by atoms with van der Waals surface area (Å²) in [6.45, 7) is 8.01. The number of sulfonamides is 1. The van der Waals surface area contributed by atoms with E-state index < -0.39 is 15.9 Å². The van der Waals surface area contributed by atoms with Crippen LogP contribution >= 0.6 is 11.6 Å². The van der Waals surface area contributed by atoms with Crippen molar-refractivity contribution < 1.29 is 13.2 Å². The number of halogens is 1. The second-order valence-corrected chi connectivity index (χ2v) is 10.4. The minimum absolute atomic E-state index is 0.00220. The molecule has 2 heterocycles. The molecule has 0 atom stereocenters. The first-order valence-corrected chi connectivity index (χ1v) is 12.3. The smallest absolute Gasteiger partial charge is 0.253 e. The summed E-state index contributed by atoms with van der Waals surface area (Å²) in [6.07, 6.45) is 4.09. The molecule has 1 aromatic heterocycles. The van der Waals surface area contributed by atoms with E-state index in [1.165, 1.54) is 31.0 Å². The Labute approximate surface area is 189 Å². The zero-order valence-corrected chi connectivity index (χ0v) is 19.6. The first kappa shape index (κ1) is 23.5. The Morgan fingerprint density at radius 3 is 2.55 bits per heavy atom. The van der Waals surface area contributed by atoms with Gasteiger partial charge in [0.1, 0.15) is 5.82 Å². The van der Waals surface area contributed by atoms with Gasteiger partial charge in [0.2, 0.25) is 10.0 Å². The van der Waals surface area contributed by atoms with Gasteiger partial charge in [0.25, 0.3) is 5.91 Å². The highest BCUT2D eigenvalue weighted by atomic mass is 35.5. The van der Waals surface area contributed by atoms with E-state index in [0.717, 1.165) is 30.4 Å². The number of nitrogens with one attached hydrogen (secondary N) is 2. The summed E-state index contributed by atoms with van der Waals surface area (Å²) in [6, 6.07) is 7.74. The van der Waals surface area contributed by atoms with Crippen LogP contribution in [0.15, 0.2) is 41.4 Å². The van der Waals surface area contributed by atoms with Crippen LogP contribution in [-0.2, 0) is 16.6 Å². The predicted molar refractivity (Wildman–Crippen MR) is 123 cm³/mol.